The lowest BCUT2D eigenvalue weighted by Gasteiger charge is -2.12. The number of hydrogen-bond donors (Lipinski definition) is 0. The Morgan fingerprint density at radius 1 is 0.143 bits per heavy atom. The van der Waals surface area contributed by atoms with Gasteiger partial charge in [0.15, 0.2) is 0 Å². The average molecular weight is 1990 g/mol. The molecule has 28 aromatic rings. The van der Waals surface area contributed by atoms with Gasteiger partial charge < -0.3 is 0 Å². The fraction of sp³-hybridized carbons (Fsp3) is 0. The Morgan fingerprint density at radius 2 is 0.393 bits per heavy atom. The molecule has 0 atom stereocenters. The Bertz CT molecular complexity index is 9620. The van der Waals surface area contributed by atoms with E-state index in [1.807, 2.05) is 48.5 Å². The Morgan fingerprint density at radius 3 is 0.786 bits per heavy atom. The van der Waals surface area contributed by atoms with Gasteiger partial charge in [-0.2, -0.15) is 0 Å². The van der Waals surface area contributed by atoms with Crippen molar-refractivity contribution in [3.8, 4) is 101 Å². The molecular weight excluding hydrogens is 1920 g/mol. The molecule has 0 radical (unpaired) electrons. The molecule has 0 fully saturated rings. The molecule has 20 heteroatoms. The van der Waals surface area contributed by atoms with Crippen LogP contribution < -0.4 is 0 Å². The molecule has 140 heavy (non-hydrogen) atoms. The van der Waals surface area contributed by atoms with E-state index in [9.17, 15) is 0 Å². The highest BCUT2D eigenvalue weighted by Gasteiger charge is 2.24. The first kappa shape index (κ1) is 87.7. The number of aromatic nitrogens is 10. The second-order valence-corrected chi connectivity index (χ2v) is 40.3. The van der Waals surface area contributed by atoms with Gasteiger partial charge in [-0.25, -0.2) is 49.8 Å². The third-order valence-electron chi connectivity index (χ3n) is 25.0. The van der Waals surface area contributed by atoms with Gasteiger partial charge in [-0.05, 0) is 206 Å². The number of rotatable bonds is 9. The highest BCUT2D eigenvalue weighted by molar-refractivity contribution is 7.27. The zero-order chi connectivity index (χ0) is 93.8. The molecule has 0 unspecified atom stereocenters. The Kier molecular flexibility index (Phi) is 23.8. The van der Waals surface area contributed by atoms with Crippen molar-refractivity contribution in [1.29, 1.82) is 0 Å². The quantitative estimate of drug-likeness (QED) is 0.129. The van der Waals surface area contributed by atoms with Crippen molar-refractivity contribution in [3.63, 3.8) is 0 Å². The number of hydrogen-bond acceptors (Lipinski definition) is 15. The van der Waals surface area contributed by atoms with E-state index in [0.29, 0.717) is 0 Å². The lowest BCUT2D eigenvalue weighted by atomic mass is 9.94. The van der Waals surface area contributed by atoms with Crippen LogP contribution in [0, 0.1) is 0 Å². The summed E-state index contributed by atoms with van der Waals surface area (Å²) in [4.78, 5) is 50.1. The van der Waals surface area contributed by atoms with E-state index in [1.54, 1.807) is 56.7 Å². The number of benzene rings is 18. The molecule has 0 saturated carbocycles. The third kappa shape index (κ3) is 17.2. The summed E-state index contributed by atoms with van der Waals surface area (Å²) in [5.41, 5.74) is 19.1. The molecule has 0 saturated heterocycles. The van der Waals surface area contributed by atoms with Crippen LogP contribution in [0.15, 0.2) is 419 Å². The van der Waals surface area contributed by atoms with Gasteiger partial charge in [0.05, 0.1) is 28.5 Å². The first-order valence-electron chi connectivity index (χ1n) is 45.1. The normalized spacial score (nSPS) is 11.5. The van der Waals surface area contributed by atoms with Gasteiger partial charge in [0.1, 0.15) is 24.2 Å². The molecule has 0 N–H and O–H groups in total. The maximum atomic E-state index is 6.40. The van der Waals surface area contributed by atoms with Crippen LogP contribution in [0.25, 0.3) is 245 Å². The summed E-state index contributed by atoms with van der Waals surface area (Å²) in [6.45, 7) is 0. The zero-order valence-corrected chi connectivity index (χ0v) is 81.6. The first-order valence-corrected chi connectivity index (χ1v) is 51.0. The van der Waals surface area contributed by atoms with Crippen LogP contribution in [0.4, 0.5) is 0 Å². The molecule has 0 amide bonds. The summed E-state index contributed by atoms with van der Waals surface area (Å²) >= 11 is 39.6. The second kappa shape index (κ2) is 38.0. The van der Waals surface area contributed by atoms with Gasteiger partial charge in [-0.15, -0.1) is 56.7 Å². The van der Waals surface area contributed by atoms with Gasteiger partial charge in [0.25, 0.3) is 0 Å². The molecule has 0 aliphatic rings. The fourth-order valence-corrected chi connectivity index (χ4v) is 25.1. The summed E-state index contributed by atoms with van der Waals surface area (Å²) in [6.07, 6.45) is 0. The topological polar surface area (TPSA) is 129 Å². The minimum Gasteiger partial charge on any atom is -0.217 e. The molecular formula is C120H69Cl5N10S5. The van der Waals surface area contributed by atoms with E-state index in [4.69, 9.17) is 63.0 Å². The number of halogens is 5. The summed E-state index contributed by atoms with van der Waals surface area (Å²) in [5.74, 6) is 0. The van der Waals surface area contributed by atoms with Crippen LogP contribution >= 0.6 is 115 Å². The Balaban J connectivity index is 0.0000000953. The van der Waals surface area contributed by atoms with Crippen LogP contribution in [-0.2, 0) is 0 Å². The SMILES string of the molecule is Clc1nc(-c2cc(-c3ccccc3)cc(-c3ccccc3)c2)c2c(n1)sc1ccccc12.Clc1nc(-c2ccc(-c3ccc4ccccc4c3)cc2)c2c(n1)sc1ccccc12.Clc1nc(-c2ccc(-c3cccc4ccccc34)cc2)c2c(n1)sc1ccccc12.Clc1nc(-c2ccc3ccccc3c2)c2c(n1)sc1ccccc12.Clc1nc(-c2cccc3ccccc23)c2c(n1)sc1ccccc12. The minimum absolute atomic E-state index is 0.269. The Hall–Kier alpha value is -15.1. The van der Waals surface area contributed by atoms with E-state index in [2.05, 4.69) is 415 Å². The minimum atomic E-state index is 0.269. The van der Waals surface area contributed by atoms with Gasteiger partial charge in [0.2, 0.25) is 26.4 Å². The standard InChI is InChI=1S/C28H17ClN2S.2C26H15ClN2S.2C20H11ClN2S/c29-28-30-26(25-23-13-7-8-14-24(23)32-27(25)31-28)22-16-20(18-9-3-1-4-10-18)15-21(17-22)19-11-5-2-6-12-19;27-26-28-24(23-21-9-3-4-11-22(21)30-25(23)29-26)18-14-12-17(13-15-18)20-10-5-7-16-6-1-2-8-19(16)20;27-26-28-24(23-21-7-3-4-8-22(21)30-25(23)29-26)18-12-9-17(10-13-18)20-14-11-16-5-1-2-6-19(16)15-20;21-20-22-18(14-10-5-7-12-6-1-2-8-13(12)14)17-15-9-3-4-11-16(15)24-19(17)23-20;21-20-22-18(14-10-9-12-5-1-2-6-13(12)11-14)17-15-7-3-4-8-16(15)24-19(17)23-20/h1-17H;2*1-15H;2*1-11H. The molecule has 10 heterocycles. The fourth-order valence-electron chi connectivity index (χ4n) is 18.6. The molecule has 18 aromatic carbocycles. The van der Waals surface area contributed by atoms with E-state index in [-0.39, 0.29) is 26.4 Å². The van der Waals surface area contributed by atoms with Crippen molar-refractivity contribution in [3.05, 3.63) is 445 Å². The van der Waals surface area contributed by atoms with Crippen LogP contribution in [-0.4, -0.2) is 49.8 Å². The average Bonchev–Trinajstić information content (AvgIpc) is 1.59. The molecule has 0 bridgehead atoms. The Labute approximate surface area is 847 Å². The van der Waals surface area contributed by atoms with Crippen LogP contribution in [0.2, 0.25) is 26.4 Å². The number of fused-ring (bicyclic) bond motifs is 19. The molecule has 10 aromatic heterocycles. The van der Waals surface area contributed by atoms with Gasteiger partial charge in [-0.3, -0.25) is 0 Å². The molecule has 664 valence electrons. The first-order chi connectivity index (χ1) is 68.9. The third-order valence-corrected chi connectivity index (χ3v) is 31.2. The van der Waals surface area contributed by atoms with Crippen molar-refractivity contribution in [2.45, 2.75) is 0 Å². The van der Waals surface area contributed by atoms with Gasteiger partial charge >= 0.3 is 0 Å². The van der Waals surface area contributed by atoms with Crippen molar-refractivity contribution in [1.82, 2.24) is 49.8 Å². The number of thiophene rings is 5. The van der Waals surface area contributed by atoms with E-state index < -0.39 is 0 Å². The van der Waals surface area contributed by atoms with E-state index >= 15 is 0 Å². The summed E-state index contributed by atoms with van der Waals surface area (Å²) in [6, 6.07) is 146. The van der Waals surface area contributed by atoms with E-state index in [1.165, 1.54) is 110 Å². The monoisotopic (exact) mass is 1980 g/mol. The second-order valence-electron chi connectivity index (χ2n) is 33.5. The molecule has 0 aliphatic carbocycles. The zero-order valence-electron chi connectivity index (χ0n) is 73.7. The highest BCUT2D eigenvalue weighted by atomic mass is 35.5. The summed E-state index contributed by atoms with van der Waals surface area (Å²) < 4.78 is 5.97. The molecule has 28 rings (SSSR count). The highest BCUT2D eigenvalue weighted by Crippen LogP contribution is 2.48. The number of nitrogens with zero attached hydrogens (tertiary/aromatic N) is 10. The molecule has 0 aliphatic heterocycles. The summed E-state index contributed by atoms with van der Waals surface area (Å²) in [7, 11) is 0. The van der Waals surface area contributed by atoms with Gasteiger partial charge in [-0.1, -0.05) is 358 Å². The van der Waals surface area contributed by atoms with Crippen LogP contribution in [0.3, 0.4) is 0 Å². The van der Waals surface area contributed by atoms with Crippen molar-refractivity contribution in [2.75, 3.05) is 0 Å². The van der Waals surface area contributed by atoms with E-state index in [0.717, 1.165) is 135 Å². The predicted octanol–water partition coefficient (Wildman–Crippen LogP) is 37.1. The van der Waals surface area contributed by atoms with Crippen molar-refractivity contribution >= 4 is 259 Å². The molecule has 0 spiro atoms. The van der Waals surface area contributed by atoms with Crippen LogP contribution in [0.1, 0.15) is 0 Å². The largest absolute Gasteiger partial charge is 0.224 e. The van der Waals surface area contributed by atoms with Crippen molar-refractivity contribution < 1.29 is 0 Å². The maximum absolute atomic E-state index is 6.40. The lowest BCUT2D eigenvalue weighted by molar-refractivity contribution is 1.24. The maximum Gasteiger partial charge on any atom is 0.224 e. The summed E-state index contributed by atoms with van der Waals surface area (Å²) in [5, 5.41) is 22.4. The van der Waals surface area contributed by atoms with Crippen LogP contribution in [0.5, 0.6) is 0 Å². The predicted molar refractivity (Wildman–Crippen MR) is 599 cm³/mol. The van der Waals surface area contributed by atoms with Gasteiger partial charge in [0, 0.05) is 105 Å². The smallest absolute Gasteiger partial charge is 0.217 e. The lowest BCUT2D eigenvalue weighted by Crippen LogP contribution is -1.91. The molecule has 10 nitrogen and oxygen atoms in total. The van der Waals surface area contributed by atoms with Crippen molar-refractivity contribution in [2.24, 2.45) is 0 Å².